The Morgan fingerprint density at radius 2 is 2.28 bits per heavy atom. The second-order valence-electron chi connectivity index (χ2n) is 6.29. The van der Waals surface area contributed by atoms with Crippen LogP contribution in [0.5, 0.6) is 0 Å². The Balaban J connectivity index is 1.57. The monoisotopic (exact) mass is 362 g/mol. The van der Waals surface area contributed by atoms with E-state index >= 15 is 0 Å². The summed E-state index contributed by atoms with van der Waals surface area (Å²) in [5.74, 6) is 1.05. The van der Waals surface area contributed by atoms with Crippen LogP contribution in [0.25, 0.3) is 0 Å². The zero-order chi connectivity index (χ0) is 17.6. The second-order valence-corrected chi connectivity index (χ2v) is 7.13. The molecule has 6 nitrogen and oxygen atoms in total. The first-order valence-electron chi connectivity index (χ1n) is 8.89. The summed E-state index contributed by atoms with van der Waals surface area (Å²) in [5, 5.41) is 6.30. The lowest BCUT2D eigenvalue weighted by molar-refractivity contribution is -0.116. The van der Waals surface area contributed by atoms with E-state index in [4.69, 9.17) is 4.42 Å². The first-order chi connectivity index (χ1) is 12.2. The molecule has 0 radical (unpaired) electrons. The highest BCUT2D eigenvalue weighted by Crippen LogP contribution is 2.25. The first kappa shape index (κ1) is 18.1. The van der Waals surface area contributed by atoms with Crippen LogP contribution in [0, 0.1) is 0 Å². The molecule has 1 amide bonds. The number of nitrogens with one attached hydrogen (secondary N) is 1. The molecule has 25 heavy (non-hydrogen) atoms. The highest BCUT2D eigenvalue weighted by atomic mass is 32.1. The third-order valence-corrected chi connectivity index (χ3v) is 5.48. The van der Waals surface area contributed by atoms with Gasteiger partial charge in [-0.2, -0.15) is 0 Å². The van der Waals surface area contributed by atoms with Gasteiger partial charge in [0, 0.05) is 31.9 Å². The molecule has 1 atom stereocenters. The van der Waals surface area contributed by atoms with E-state index < -0.39 is 0 Å². The Labute approximate surface area is 152 Å². The van der Waals surface area contributed by atoms with Gasteiger partial charge in [0.1, 0.15) is 5.76 Å². The van der Waals surface area contributed by atoms with Crippen LogP contribution in [0.1, 0.15) is 44.2 Å². The number of hydrogen-bond acceptors (Lipinski definition) is 6. The number of anilines is 1. The van der Waals surface area contributed by atoms with Crippen molar-refractivity contribution >= 4 is 22.4 Å². The van der Waals surface area contributed by atoms with Crippen LogP contribution in [0.3, 0.4) is 0 Å². The number of hydrogen-bond donors (Lipinski definition) is 1. The summed E-state index contributed by atoms with van der Waals surface area (Å²) >= 11 is 1.52. The molecule has 136 valence electrons. The van der Waals surface area contributed by atoms with Crippen molar-refractivity contribution < 1.29 is 9.21 Å². The number of nitrogens with zero attached hydrogens (tertiary/aromatic N) is 3. The number of carbonyl (C=O) groups is 1. The molecule has 2 aromatic rings. The van der Waals surface area contributed by atoms with Gasteiger partial charge in [0.2, 0.25) is 5.91 Å². The lowest BCUT2D eigenvalue weighted by Crippen LogP contribution is -2.33. The van der Waals surface area contributed by atoms with Crippen molar-refractivity contribution in [2.75, 3.05) is 31.1 Å². The minimum absolute atomic E-state index is 0.0308. The molecule has 1 saturated heterocycles. The molecule has 3 rings (SSSR count). The molecule has 0 aliphatic carbocycles. The van der Waals surface area contributed by atoms with Gasteiger partial charge in [0.05, 0.1) is 18.0 Å². The van der Waals surface area contributed by atoms with E-state index in [2.05, 4.69) is 21.3 Å². The van der Waals surface area contributed by atoms with E-state index in [1.165, 1.54) is 24.2 Å². The minimum Gasteiger partial charge on any atom is -0.468 e. The summed E-state index contributed by atoms with van der Waals surface area (Å²) in [5.41, 5.74) is 0.972. The van der Waals surface area contributed by atoms with Gasteiger partial charge in [-0.05, 0) is 45.0 Å². The summed E-state index contributed by atoms with van der Waals surface area (Å²) in [6.07, 6.45) is 4.25. The summed E-state index contributed by atoms with van der Waals surface area (Å²) in [7, 11) is 0. The topological polar surface area (TPSA) is 61.6 Å². The van der Waals surface area contributed by atoms with Crippen molar-refractivity contribution in [2.24, 2.45) is 0 Å². The molecule has 1 N–H and O–H groups in total. The van der Waals surface area contributed by atoms with Crippen LogP contribution >= 0.6 is 11.3 Å². The number of likely N-dealkylation sites (tertiary alicyclic amines) is 1. The average molecular weight is 362 g/mol. The zero-order valence-electron chi connectivity index (χ0n) is 14.9. The van der Waals surface area contributed by atoms with Gasteiger partial charge in [0.15, 0.2) is 5.13 Å². The van der Waals surface area contributed by atoms with Gasteiger partial charge < -0.3 is 9.73 Å². The molecular weight excluding hydrogens is 336 g/mol. The molecule has 0 bridgehead atoms. The van der Waals surface area contributed by atoms with Gasteiger partial charge in [0.25, 0.3) is 0 Å². The molecule has 1 aliphatic heterocycles. The maximum absolute atomic E-state index is 11.6. The van der Waals surface area contributed by atoms with Gasteiger partial charge in [-0.25, -0.2) is 4.98 Å². The Hall–Kier alpha value is -1.70. The summed E-state index contributed by atoms with van der Waals surface area (Å²) in [4.78, 5) is 20.4. The molecule has 7 heteroatoms. The van der Waals surface area contributed by atoms with Crippen LogP contribution in [0.2, 0.25) is 0 Å². The molecule has 0 saturated carbocycles. The standard InChI is InChI=1S/C18H26N4O2S/c1-3-22(14(2)23)18-20-15(13-25-18)11-19-12-16(17-7-6-10-24-17)21-8-4-5-9-21/h6-7,10,13,16,19H,3-5,8-9,11-12H2,1-2H3. The molecule has 3 heterocycles. The largest absolute Gasteiger partial charge is 0.468 e. The highest BCUT2D eigenvalue weighted by molar-refractivity contribution is 7.14. The van der Waals surface area contributed by atoms with E-state index in [0.717, 1.165) is 36.2 Å². The van der Waals surface area contributed by atoms with E-state index in [1.807, 2.05) is 18.4 Å². The predicted octanol–water partition coefficient (Wildman–Crippen LogP) is 3.04. The molecule has 0 aromatic carbocycles. The molecule has 1 unspecified atom stereocenters. The van der Waals surface area contributed by atoms with Crippen LogP contribution in [-0.2, 0) is 11.3 Å². The van der Waals surface area contributed by atoms with Crippen molar-refractivity contribution in [1.82, 2.24) is 15.2 Å². The van der Waals surface area contributed by atoms with Crippen molar-refractivity contribution in [2.45, 2.75) is 39.3 Å². The number of furan rings is 1. The van der Waals surface area contributed by atoms with E-state index in [9.17, 15) is 4.79 Å². The smallest absolute Gasteiger partial charge is 0.225 e. The number of carbonyl (C=O) groups excluding carboxylic acids is 1. The van der Waals surface area contributed by atoms with Crippen LogP contribution in [0.4, 0.5) is 5.13 Å². The average Bonchev–Trinajstić information content (AvgIpc) is 3.34. The van der Waals surface area contributed by atoms with Gasteiger partial charge >= 0.3 is 0 Å². The zero-order valence-corrected chi connectivity index (χ0v) is 15.7. The third kappa shape index (κ3) is 4.48. The lowest BCUT2D eigenvalue weighted by atomic mass is 10.2. The number of rotatable bonds is 8. The maximum Gasteiger partial charge on any atom is 0.225 e. The fraction of sp³-hybridized carbons (Fsp3) is 0.556. The summed E-state index contributed by atoms with van der Waals surface area (Å²) in [6.45, 7) is 7.94. The minimum atomic E-state index is 0.0308. The van der Waals surface area contributed by atoms with E-state index in [-0.39, 0.29) is 11.9 Å². The van der Waals surface area contributed by atoms with Crippen molar-refractivity contribution in [3.05, 3.63) is 35.2 Å². The maximum atomic E-state index is 11.6. The molecule has 1 fully saturated rings. The molecule has 1 aliphatic rings. The highest BCUT2D eigenvalue weighted by Gasteiger charge is 2.25. The van der Waals surface area contributed by atoms with E-state index in [0.29, 0.717) is 13.1 Å². The number of amides is 1. The Bertz CT molecular complexity index is 664. The van der Waals surface area contributed by atoms with E-state index in [1.54, 1.807) is 18.1 Å². The van der Waals surface area contributed by atoms with Crippen LogP contribution in [-0.4, -0.2) is 42.0 Å². The fourth-order valence-electron chi connectivity index (χ4n) is 3.27. The normalized spacial score (nSPS) is 16.2. The summed E-state index contributed by atoms with van der Waals surface area (Å²) in [6, 6.07) is 4.27. The van der Waals surface area contributed by atoms with Gasteiger partial charge in [-0.1, -0.05) is 0 Å². The van der Waals surface area contributed by atoms with Crippen molar-refractivity contribution in [3.63, 3.8) is 0 Å². The molecule has 0 spiro atoms. The first-order valence-corrected chi connectivity index (χ1v) is 9.77. The SMILES string of the molecule is CCN(C(C)=O)c1nc(CNCC(c2ccco2)N2CCCC2)cs1. The van der Waals surface area contributed by atoms with Crippen molar-refractivity contribution in [3.8, 4) is 0 Å². The van der Waals surface area contributed by atoms with Crippen LogP contribution in [0.15, 0.2) is 28.2 Å². The third-order valence-electron chi connectivity index (χ3n) is 4.56. The van der Waals surface area contributed by atoms with Crippen LogP contribution < -0.4 is 10.2 Å². The Morgan fingerprint density at radius 3 is 2.92 bits per heavy atom. The number of thiazole rings is 1. The summed E-state index contributed by atoms with van der Waals surface area (Å²) < 4.78 is 5.65. The van der Waals surface area contributed by atoms with Gasteiger partial charge in [-0.3, -0.25) is 14.6 Å². The fourth-order valence-corrected chi connectivity index (χ4v) is 4.21. The molecular formula is C18H26N4O2S. The molecule has 2 aromatic heterocycles. The number of aromatic nitrogens is 1. The Kier molecular flexibility index (Phi) is 6.23. The quantitative estimate of drug-likeness (QED) is 0.782. The predicted molar refractivity (Wildman–Crippen MR) is 99.8 cm³/mol. The Morgan fingerprint density at radius 1 is 1.48 bits per heavy atom. The second kappa shape index (κ2) is 8.60. The lowest BCUT2D eigenvalue weighted by Gasteiger charge is -2.26. The van der Waals surface area contributed by atoms with Gasteiger partial charge in [-0.15, -0.1) is 11.3 Å². The van der Waals surface area contributed by atoms with Crippen molar-refractivity contribution in [1.29, 1.82) is 0 Å².